The van der Waals surface area contributed by atoms with Gasteiger partial charge in [-0.25, -0.2) is 0 Å². The van der Waals surface area contributed by atoms with Crippen molar-refractivity contribution in [1.29, 1.82) is 0 Å². The average Bonchev–Trinajstić information content (AvgIpc) is 2.59. The predicted molar refractivity (Wildman–Crippen MR) is 102 cm³/mol. The number of rotatable bonds is 4. The Bertz CT molecular complexity index is 739. The number of carbonyl (C=O) groups excluding carboxylic acids is 1. The van der Waals surface area contributed by atoms with Crippen molar-refractivity contribution in [3.05, 3.63) is 58.1 Å². The minimum Gasteiger partial charge on any atom is -0.508 e. The van der Waals surface area contributed by atoms with E-state index in [0.717, 1.165) is 31.6 Å². The number of aromatic hydroxyl groups is 1. The summed E-state index contributed by atoms with van der Waals surface area (Å²) in [4.78, 5) is 14.4. The number of phenolic OH excluding ortho intramolecular Hbond substituents is 1. The van der Waals surface area contributed by atoms with Gasteiger partial charge in [0.2, 0.25) is 0 Å². The number of hydrogen-bond acceptors (Lipinski definition) is 3. The Morgan fingerprint density at radius 1 is 1.12 bits per heavy atom. The van der Waals surface area contributed by atoms with E-state index in [2.05, 4.69) is 10.2 Å². The van der Waals surface area contributed by atoms with Crippen LogP contribution in [0.15, 0.2) is 42.5 Å². The van der Waals surface area contributed by atoms with Crippen molar-refractivity contribution in [3.8, 4) is 5.75 Å². The van der Waals surface area contributed by atoms with Crippen LogP contribution in [0.5, 0.6) is 5.75 Å². The maximum absolute atomic E-state index is 12.1. The lowest BCUT2D eigenvalue weighted by molar-refractivity contribution is 0.0944. The van der Waals surface area contributed by atoms with Crippen molar-refractivity contribution < 1.29 is 9.90 Å². The van der Waals surface area contributed by atoms with Crippen molar-refractivity contribution in [3.63, 3.8) is 0 Å². The molecular formula is C19H20Cl2N2O2. The van der Waals surface area contributed by atoms with Crippen molar-refractivity contribution in [1.82, 2.24) is 5.32 Å². The standard InChI is InChI=1S/C19H20Cl2N2O2/c20-15-9-16(21)11-17(10-15)23-6-4-13(5-7-23)12-22-19(25)14-2-1-3-18(24)8-14/h1-3,8-11,13,24H,4-7,12H2,(H,22,25). The molecule has 0 saturated carbocycles. The predicted octanol–water partition coefficient (Wildman–Crippen LogP) is 4.35. The van der Waals surface area contributed by atoms with Gasteiger partial charge in [-0.05, 0) is 55.2 Å². The molecule has 132 valence electrons. The largest absolute Gasteiger partial charge is 0.508 e. The Balaban J connectivity index is 1.50. The highest BCUT2D eigenvalue weighted by molar-refractivity contribution is 6.35. The summed E-state index contributed by atoms with van der Waals surface area (Å²) in [6.45, 7) is 2.45. The molecular weight excluding hydrogens is 359 g/mol. The lowest BCUT2D eigenvalue weighted by Crippen LogP contribution is -2.38. The second kappa shape index (κ2) is 7.98. The number of hydrogen-bond donors (Lipinski definition) is 2. The van der Waals surface area contributed by atoms with Gasteiger partial charge in [0.05, 0.1) is 0 Å². The number of piperidine rings is 1. The maximum Gasteiger partial charge on any atom is 0.251 e. The zero-order valence-electron chi connectivity index (χ0n) is 13.7. The van der Waals surface area contributed by atoms with Crippen LogP contribution in [0.25, 0.3) is 0 Å². The van der Waals surface area contributed by atoms with Crippen LogP contribution in [0.3, 0.4) is 0 Å². The molecule has 0 aromatic heterocycles. The molecule has 0 unspecified atom stereocenters. The molecule has 4 nitrogen and oxygen atoms in total. The first-order chi connectivity index (χ1) is 12.0. The normalized spacial score (nSPS) is 15.2. The van der Waals surface area contributed by atoms with E-state index >= 15 is 0 Å². The van der Waals surface area contributed by atoms with Crippen LogP contribution in [0.4, 0.5) is 5.69 Å². The minimum atomic E-state index is -0.153. The van der Waals surface area contributed by atoms with Gasteiger partial charge in [-0.3, -0.25) is 4.79 Å². The van der Waals surface area contributed by atoms with Crippen LogP contribution >= 0.6 is 23.2 Å². The molecule has 2 N–H and O–H groups in total. The van der Waals surface area contributed by atoms with Gasteiger partial charge < -0.3 is 15.3 Å². The molecule has 3 rings (SSSR count). The molecule has 1 heterocycles. The van der Waals surface area contributed by atoms with E-state index < -0.39 is 0 Å². The lowest BCUT2D eigenvalue weighted by atomic mass is 9.96. The summed E-state index contributed by atoms with van der Waals surface area (Å²) in [6, 6.07) is 12.0. The highest BCUT2D eigenvalue weighted by Crippen LogP contribution is 2.28. The lowest BCUT2D eigenvalue weighted by Gasteiger charge is -2.34. The first kappa shape index (κ1) is 17.9. The second-order valence-corrected chi connectivity index (χ2v) is 7.19. The highest BCUT2D eigenvalue weighted by Gasteiger charge is 2.20. The van der Waals surface area contributed by atoms with E-state index in [1.165, 1.54) is 6.07 Å². The zero-order chi connectivity index (χ0) is 17.8. The summed E-state index contributed by atoms with van der Waals surface area (Å²) in [5, 5.41) is 13.7. The van der Waals surface area contributed by atoms with Gasteiger partial charge in [-0.2, -0.15) is 0 Å². The van der Waals surface area contributed by atoms with Gasteiger partial charge in [0.25, 0.3) is 5.91 Å². The number of anilines is 1. The van der Waals surface area contributed by atoms with Gasteiger partial charge in [-0.1, -0.05) is 29.3 Å². The molecule has 25 heavy (non-hydrogen) atoms. The van der Waals surface area contributed by atoms with Crippen LogP contribution in [-0.4, -0.2) is 30.6 Å². The molecule has 1 fully saturated rings. The third-order valence-electron chi connectivity index (χ3n) is 4.49. The molecule has 6 heteroatoms. The number of halogens is 2. The fourth-order valence-corrected chi connectivity index (χ4v) is 3.62. The van der Waals surface area contributed by atoms with Crippen molar-refractivity contribution >= 4 is 34.8 Å². The minimum absolute atomic E-state index is 0.0983. The molecule has 1 amide bonds. The Morgan fingerprint density at radius 3 is 2.44 bits per heavy atom. The molecule has 0 aliphatic carbocycles. The first-order valence-corrected chi connectivity index (χ1v) is 9.05. The topological polar surface area (TPSA) is 52.6 Å². The monoisotopic (exact) mass is 378 g/mol. The van der Waals surface area contributed by atoms with E-state index in [0.29, 0.717) is 28.1 Å². The number of carbonyl (C=O) groups is 1. The highest BCUT2D eigenvalue weighted by atomic mass is 35.5. The quantitative estimate of drug-likeness (QED) is 0.831. The summed E-state index contributed by atoms with van der Waals surface area (Å²) in [5.41, 5.74) is 1.52. The van der Waals surface area contributed by atoms with Gasteiger partial charge in [0.1, 0.15) is 5.75 Å². The summed E-state index contributed by atoms with van der Waals surface area (Å²) in [5.74, 6) is 0.383. The summed E-state index contributed by atoms with van der Waals surface area (Å²) in [7, 11) is 0. The Kier molecular flexibility index (Phi) is 5.71. The van der Waals surface area contributed by atoms with Crippen molar-refractivity contribution in [2.45, 2.75) is 12.8 Å². The molecule has 0 atom stereocenters. The average molecular weight is 379 g/mol. The number of amides is 1. The molecule has 1 saturated heterocycles. The second-order valence-electron chi connectivity index (χ2n) is 6.32. The molecule has 0 bridgehead atoms. The summed E-state index contributed by atoms with van der Waals surface area (Å²) >= 11 is 12.2. The van der Waals surface area contributed by atoms with E-state index in [1.54, 1.807) is 24.3 Å². The Hall–Kier alpha value is -1.91. The SMILES string of the molecule is O=C(NCC1CCN(c2cc(Cl)cc(Cl)c2)CC1)c1cccc(O)c1. The summed E-state index contributed by atoms with van der Waals surface area (Å²) in [6.07, 6.45) is 1.98. The van der Waals surface area contributed by atoms with Crippen LogP contribution in [0.2, 0.25) is 10.0 Å². The molecule has 0 radical (unpaired) electrons. The van der Waals surface area contributed by atoms with Crippen LogP contribution in [-0.2, 0) is 0 Å². The van der Waals surface area contributed by atoms with E-state index in [4.69, 9.17) is 23.2 Å². The van der Waals surface area contributed by atoms with Gasteiger partial charge in [0.15, 0.2) is 0 Å². The van der Waals surface area contributed by atoms with Crippen LogP contribution in [0, 0.1) is 5.92 Å². The fourth-order valence-electron chi connectivity index (χ4n) is 3.10. The van der Waals surface area contributed by atoms with Crippen molar-refractivity contribution in [2.75, 3.05) is 24.5 Å². The first-order valence-electron chi connectivity index (χ1n) is 8.29. The van der Waals surface area contributed by atoms with Crippen molar-refractivity contribution in [2.24, 2.45) is 5.92 Å². The maximum atomic E-state index is 12.1. The van der Waals surface area contributed by atoms with Gasteiger partial charge in [0, 0.05) is 40.9 Å². The number of benzene rings is 2. The molecule has 0 spiro atoms. The molecule has 2 aromatic carbocycles. The van der Waals surface area contributed by atoms with Gasteiger partial charge >= 0.3 is 0 Å². The van der Waals surface area contributed by atoms with E-state index in [9.17, 15) is 9.90 Å². The van der Waals surface area contributed by atoms with E-state index in [1.807, 2.05) is 12.1 Å². The van der Waals surface area contributed by atoms with Crippen LogP contribution in [0.1, 0.15) is 23.2 Å². The number of phenols is 1. The van der Waals surface area contributed by atoms with E-state index in [-0.39, 0.29) is 11.7 Å². The Labute approximate surface area is 157 Å². The third kappa shape index (κ3) is 4.80. The summed E-state index contributed by atoms with van der Waals surface area (Å²) < 4.78 is 0. The Morgan fingerprint density at radius 2 is 1.80 bits per heavy atom. The number of nitrogens with zero attached hydrogens (tertiary/aromatic N) is 1. The number of nitrogens with one attached hydrogen (secondary N) is 1. The molecule has 2 aromatic rings. The zero-order valence-corrected chi connectivity index (χ0v) is 15.2. The van der Waals surface area contributed by atoms with Gasteiger partial charge in [-0.15, -0.1) is 0 Å². The molecule has 1 aliphatic rings. The fraction of sp³-hybridized carbons (Fsp3) is 0.316. The smallest absolute Gasteiger partial charge is 0.251 e. The third-order valence-corrected chi connectivity index (χ3v) is 4.92. The molecule has 1 aliphatic heterocycles. The van der Waals surface area contributed by atoms with Crippen LogP contribution < -0.4 is 10.2 Å².